The smallest absolute Gasteiger partial charge is 0.124 e. The monoisotopic (exact) mass is 317 g/mol. The number of rotatable bonds is 3. The average molecular weight is 318 g/mol. The Kier molecular flexibility index (Phi) is 4.45. The van der Waals surface area contributed by atoms with Gasteiger partial charge in [-0.2, -0.15) is 0 Å². The molecule has 2 nitrogen and oxygen atoms in total. The molecule has 0 aromatic heterocycles. The predicted molar refractivity (Wildman–Crippen MR) is 77.4 cm³/mol. The molecule has 0 heterocycles. The van der Waals surface area contributed by atoms with Crippen LogP contribution in [-0.2, 0) is 16.6 Å². The number of hydrogen-bond donors (Lipinski definition) is 1. The Balaban J connectivity index is 2.25. The van der Waals surface area contributed by atoms with Gasteiger partial charge in [0.15, 0.2) is 0 Å². The minimum absolute atomic E-state index is 0.199. The van der Waals surface area contributed by atoms with E-state index in [0.717, 1.165) is 5.56 Å². The first-order chi connectivity index (χ1) is 8.97. The normalized spacial score (nSPS) is 12.4. The fourth-order valence-corrected chi connectivity index (χ4v) is 3.10. The molecule has 0 spiro atoms. The van der Waals surface area contributed by atoms with E-state index in [4.69, 9.17) is 28.9 Å². The number of nitrogens with two attached hydrogens (primary N) is 1. The quantitative estimate of drug-likeness (QED) is 0.869. The molecular weight excluding hydrogens is 308 g/mol. The van der Waals surface area contributed by atoms with Crippen LogP contribution in [0.25, 0.3) is 0 Å². The van der Waals surface area contributed by atoms with Gasteiger partial charge >= 0.3 is 0 Å². The van der Waals surface area contributed by atoms with Crippen molar-refractivity contribution in [2.45, 2.75) is 10.6 Å². The summed E-state index contributed by atoms with van der Waals surface area (Å²) < 4.78 is 25.3. The number of hydrogen-bond acceptors (Lipinski definition) is 2. The second-order valence-corrected chi connectivity index (χ2v) is 6.15. The minimum Gasteiger partial charge on any atom is -0.398 e. The molecule has 1 atom stereocenters. The molecule has 2 rings (SSSR count). The number of benzene rings is 2. The summed E-state index contributed by atoms with van der Waals surface area (Å²) in [5.74, 6) is -0.267. The van der Waals surface area contributed by atoms with Gasteiger partial charge in [0.1, 0.15) is 5.82 Å². The molecule has 2 aromatic rings. The minimum atomic E-state index is -1.44. The highest BCUT2D eigenvalue weighted by Crippen LogP contribution is 2.25. The molecule has 0 aliphatic heterocycles. The molecule has 0 saturated heterocycles. The molecule has 0 saturated carbocycles. The Hall–Kier alpha value is -1.10. The maximum atomic E-state index is 13.1. The zero-order chi connectivity index (χ0) is 14.0. The Bertz CT molecular complexity index is 649. The third-order valence-corrected chi connectivity index (χ3v) is 4.68. The van der Waals surface area contributed by atoms with Crippen molar-refractivity contribution >= 4 is 39.7 Å². The van der Waals surface area contributed by atoms with E-state index >= 15 is 0 Å². The Morgan fingerprint density at radius 1 is 1.11 bits per heavy atom. The van der Waals surface area contributed by atoms with Crippen LogP contribution in [0.5, 0.6) is 0 Å². The van der Waals surface area contributed by atoms with E-state index in [0.29, 0.717) is 15.7 Å². The fourth-order valence-electron chi connectivity index (χ4n) is 1.56. The summed E-state index contributed by atoms with van der Waals surface area (Å²) in [6.45, 7) is 0. The van der Waals surface area contributed by atoms with Crippen molar-refractivity contribution in [3.63, 3.8) is 0 Å². The van der Waals surface area contributed by atoms with Crippen LogP contribution in [0.3, 0.4) is 0 Å². The van der Waals surface area contributed by atoms with Gasteiger partial charge < -0.3 is 5.73 Å². The van der Waals surface area contributed by atoms with Gasteiger partial charge in [-0.1, -0.05) is 29.3 Å². The van der Waals surface area contributed by atoms with E-state index in [9.17, 15) is 8.60 Å². The lowest BCUT2D eigenvalue weighted by atomic mass is 10.2. The molecule has 0 aliphatic carbocycles. The summed E-state index contributed by atoms with van der Waals surface area (Å²) in [7, 11) is -1.44. The van der Waals surface area contributed by atoms with E-state index in [2.05, 4.69) is 0 Å². The van der Waals surface area contributed by atoms with E-state index in [1.165, 1.54) is 18.2 Å². The second-order valence-electron chi connectivity index (χ2n) is 3.92. The first-order valence-corrected chi connectivity index (χ1v) is 7.42. The Morgan fingerprint density at radius 3 is 2.53 bits per heavy atom. The number of halogens is 3. The Morgan fingerprint density at radius 2 is 1.84 bits per heavy atom. The van der Waals surface area contributed by atoms with Crippen molar-refractivity contribution < 1.29 is 8.60 Å². The van der Waals surface area contributed by atoms with Crippen LogP contribution < -0.4 is 5.73 Å². The SMILES string of the molecule is Nc1ccc(F)cc1S(=O)Cc1ccc(Cl)c(Cl)c1. The lowest BCUT2D eigenvalue weighted by molar-refractivity contribution is 0.623. The number of nitrogen functional groups attached to an aromatic ring is 1. The van der Waals surface area contributed by atoms with Crippen LogP contribution >= 0.6 is 23.2 Å². The molecule has 0 fully saturated rings. The molecule has 19 heavy (non-hydrogen) atoms. The van der Waals surface area contributed by atoms with Crippen LogP contribution in [-0.4, -0.2) is 4.21 Å². The van der Waals surface area contributed by atoms with Gasteiger partial charge in [-0.25, -0.2) is 4.39 Å². The van der Waals surface area contributed by atoms with E-state index in [1.807, 2.05) is 0 Å². The van der Waals surface area contributed by atoms with Gasteiger partial charge in [0, 0.05) is 5.69 Å². The lowest BCUT2D eigenvalue weighted by Crippen LogP contribution is -2.01. The zero-order valence-corrected chi connectivity index (χ0v) is 12.0. The van der Waals surface area contributed by atoms with Crippen molar-refractivity contribution in [2.75, 3.05) is 5.73 Å². The molecular formula is C13H10Cl2FNOS. The zero-order valence-electron chi connectivity index (χ0n) is 9.70. The summed E-state index contributed by atoms with van der Waals surface area (Å²) in [6.07, 6.45) is 0. The summed E-state index contributed by atoms with van der Waals surface area (Å²) >= 11 is 11.7. The van der Waals surface area contributed by atoms with Crippen molar-refractivity contribution in [3.8, 4) is 0 Å². The first kappa shape index (κ1) is 14.3. The molecule has 6 heteroatoms. The van der Waals surface area contributed by atoms with Crippen molar-refractivity contribution in [3.05, 3.63) is 57.8 Å². The highest BCUT2D eigenvalue weighted by atomic mass is 35.5. The predicted octanol–water partition coefficient (Wildman–Crippen LogP) is 4.02. The van der Waals surface area contributed by atoms with Crippen LogP contribution in [0.2, 0.25) is 10.0 Å². The second kappa shape index (κ2) is 5.90. The van der Waals surface area contributed by atoms with Gasteiger partial charge in [-0.3, -0.25) is 4.21 Å². The van der Waals surface area contributed by atoms with Gasteiger partial charge in [0.05, 0.1) is 31.5 Å². The largest absolute Gasteiger partial charge is 0.398 e. The summed E-state index contributed by atoms with van der Waals surface area (Å²) in [4.78, 5) is 0.283. The van der Waals surface area contributed by atoms with Crippen LogP contribution in [0.4, 0.5) is 10.1 Å². The molecule has 2 aromatic carbocycles. The molecule has 0 radical (unpaired) electrons. The van der Waals surface area contributed by atoms with Gasteiger partial charge in [0.2, 0.25) is 0 Å². The van der Waals surface area contributed by atoms with Crippen LogP contribution in [0, 0.1) is 5.82 Å². The van der Waals surface area contributed by atoms with Crippen LogP contribution in [0.1, 0.15) is 5.56 Å². The van der Waals surface area contributed by atoms with Gasteiger partial charge in [0.25, 0.3) is 0 Å². The van der Waals surface area contributed by atoms with Gasteiger partial charge in [-0.05, 0) is 35.9 Å². The third kappa shape index (κ3) is 3.47. The van der Waals surface area contributed by atoms with Crippen LogP contribution in [0.15, 0.2) is 41.3 Å². The topological polar surface area (TPSA) is 43.1 Å². The number of anilines is 1. The summed E-state index contributed by atoms with van der Waals surface area (Å²) in [5, 5.41) is 0.824. The van der Waals surface area contributed by atoms with E-state index in [1.54, 1.807) is 18.2 Å². The maximum Gasteiger partial charge on any atom is 0.124 e. The maximum absolute atomic E-state index is 13.1. The highest BCUT2D eigenvalue weighted by molar-refractivity contribution is 7.84. The Labute approximate surface area is 122 Å². The molecule has 100 valence electrons. The van der Waals surface area contributed by atoms with Gasteiger partial charge in [-0.15, -0.1) is 0 Å². The van der Waals surface area contributed by atoms with Crippen molar-refractivity contribution in [2.24, 2.45) is 0 Å². The fraction of sp³-hybridized carbons (Fsp3) is 0.0769. The molecule has 2 N–H and O–H groups in total. The first-order valence-electron chi connectivity index (χ1n) is 5.34. The molecule has 0 amide bonds. The average Bonchev–Trinajstić information content (AvgIpc) is 2.36. The lowest BCUT2D eigenvalue weighted by Gasteiger charge is -2.07. The highest BCUT2D eigenvalue weighted by Gasteiger charge is 2.11. The summed E-state index contributed by atoms with van der Waals surface area (Å²) in [6, 6.07) is 8.81. The van der Waals surface area contributed by atoms with E-state index < -0.39 is 16.6 Å². The van der Waals surface area contributed by atoms with Crippen molar-refractivity contribution in [1.29, 1.82) is 0 Å². The molecule has 0 aliphatic rings. The standard InChI is InChI=1S/C13H10Cl2FNOS/c14-10-3-1-8(5-11(10)15)7-19(18)13-6-9(16)2-4-12(13)17/h1-6H,7,17H2. The summed E-state index contributed by atoms with van der Waals surface area (Å²) in [5.41, 5.74) is 6.74. The third-order valence-electron chi connectivity index (χ3n) is 2.50. The van der Waals surface area contributed by atoms with E-state index in [-0.39, 0.29) is 10.6 Å². The molecule has 1 unspecified atom stereocenters. The van der Waals surface area contributed by atoms with Crippen molar-refractivity contribution in [1.82, 2.24) is 0 Å². The molecule has 0 bridgehead atoms.